The molecule has 0 bridgehead atoms. The molecule has 0 amide bonds. The maximum atomic E-state index is 12.6. The first-order valence-corrected chi connectivity index (χ1v) is 9.72. The van der Waals surface area contributed by atoms with Crippen LogP contribution in [-0.2, 0) is 0 Å². The maximum absolute atomic E-state index is 12.6. The molecular formula is C21H27LiO2P. The van der Waals surface area contributed by atoms with Gasteiger partial charge in [-0.25, -0.2) is 0 Å². The van der Waals surface area contributed by atoms with Gasteiger partial charge in [-0.3, -0.25) is 4.79 Å². The van der Waals surface area contributed by atoms with Crippen LogP contribution in [0.25, 0.3) is 0 Å². The van der Waals surface area contributed by atoms with Crippen LogP contribution in [0.4, 0.5) is 0 Å². The van der Waals surface area contributed by atoms with E-state index in [0.717, 1.165) is 40.8 Å². The van der Waals surface area contributed by atoms with Gasteiger partial charge in [0.1, 0.15) is 5.75 Å². The van der Waals surface area contributed by atoms with E-state index in [1.807, 2.05) is 56.3 Å². The molecule has 0 saturated heterocycles. The molecule has 0 spiro atoms. The molecule has 0 N–H and O–H groups in total. The van der Waals surface area contributed by atoms with E-state index in [9.17, 15) is 4.79 Å². The third-order valence-corrected chi connectivity index (χ3v) is 5.19. The van der Waals surface area contributed by atoms with Crippen molar-refractivity contribution in [3.05, 3.63) is 59.2 Å². The minimum atomic E-state index is 0. The van der Waals surface area contributed by atoms with Crippen molar-refractivity contribution >= 4 is 38.3 Å². The molecular weight excluding hydrogens is 322 g/mol. The number of aryl methyl sites for hydroxylation is 2. The monoisotopic (exact) mass is 349 g/mol. The van der Waals surface area contributed by atoms with Gasteiger partial charge < -0.3 is 4.74 Å². The minimum Gasteiger partial charge on any atom is -0.494 e. The smallest absolute Gasteiger partial charge is 0.186 e. The Morgan fingerprint density at radius 2 is 1.60 bits per heavy atom. The SMILES string of the molecule is CCCCCCOc1ccc(PC(=O)c2c(C)cccc2C)cc1.[Li]. The van der Waals surface area contributed by atoms with Gasteiger partial charge in [-0.15, -0.1) is 0 Å². The molecule has 2 rings (SSSR count). The first-order valence-electron chi connectivity index (χ1n) is 8.72. The van der Waals surface area contributed by atoms with Crippen molar-refractivity contribution in [3.8, 4) is 5.75 Å². The zero-order valence-corrected chi connectivity index (χ0v) is 16.9. The average Bonchev–Trinajstić information content (AvgIpc) is 2.56. The standard InChI is InChI=1S/C21H27O2P.Li/c1-4-5-6-7-15-23-18-11-13-19(14-12-18)24-21(22)20-16(2)9-8-10-17(20)3;/h8-14,24H,4-7,15H2,1-3H3;. The number of ether oxygens (including phenoxy) is 1. The van der Waals surface area contributed by atoms with Gasteiger partial charge >= 0.3 is 0 Å². The van der Waals surface area contributed by atoms with Crippen LogP contribution in [0.3, 0.4) is 0 Å². The normalized spacial score (nSPS) is 10.7. The quantitative estimate of drug-likeness (QED) is 0.361. The van der Waals surface area contributed by atoms with E-state index >= 15 is 0 Å². The summed E-state index contributed by atoms with van der Waals surface area (Å²) in [6.45, 7) is 6.98. The van der Waals surface area contributed by atoms with E-state index in [4.69, 9.17) is 4.74 Å². The number of carbonyl (C=O) groups is 1. The molecule has 1 atom stereocenters. The Hall–Kier alpha value is -1.06. The molecule has 4 heteroatoms. The summed E-state index contributed by atoms with van der Waals surface area (Å²) in [6, 6.07) is 14.0. The van der Waals surface area contributed by atoms with Crippen molar-refractivity contribution in [2.45, 2.75) is 46.5 Å². The van der Waals surface area contributed by atoms with Crippen LogP contribution >= 0.6 is 8.58 Å². The van der Waals surface area contributed by atoms with E-state index in [2.05, 4.69) is 6.92 Å². The van der Waals surface area contributed by atoms with Gasteiger partial charge in [0.2, 0.25) is 0 Å². The summed E-state index contributed by atoms with van der Waals surface area (Å²) in [7, 11) is 0.153. The summed E-state index contributed by atoms with van der Waals surface area (Å²) < 4.78 is 5.75. The zero-order valence-electron chi connectivity index (χ0n) is 15.9. The Bertz CT molecular complexity index is 648. The summed E-state index contributed by atoms with van der Waals surface area (Å²) in [5.41, 5.74) is 3.19. The van der Waals surface area contributed by atoms with Gasteiger partial charge in [0, 0.05) is 24.4 Å². The van der Waals surface area contributed by atoms with Crippen LogP contribution in [0.15, 0.2) is 42.5 Å². The van der Waals surface area contributed by atoms with Crippen molar-refractivity contribution in [1.82, 2.24) is 0 Å². The molecule has 129 valence electrons. The van der Waals surface area contributed by atoms with Crippen LogP contribution in [0, 0.1) is 13.8 Å². The van der Waals surface area contributed by atoms with Gasteiger partial charge in [-0.2, -0.15) is 0 Å². The summed E-state index contributed by atoms with van der Waals surface area (Å²) >= 11 is 0. The molecule has 0 fully saturated rings. The Morgan fingerprint density at radius 3 is 2.20 bits per heavy atom. The summed E-state index contributed by atoms with van der Waals surface area (Å²) in [6.07, 6.45) is 4.83. The molecule has 25 heavy (non-hydrogen) atoms. The third kappa shape index (κ3) is 6.99. The fraction of sp³-hybridized carbons (Fsp3) is 0.381. The average molecular weight is 349 g/mol. The van der Waals surface area contributed by atoms with Gasteiger partial charge in [0.25, 0.3) is 0 Å². The molecule has 0 heterocycles. The van der Waals surface area contributed by atoms with E-state index in [-0.39, 0.29) is 33.0 Å². The Labute approximate surface area is 165 Å². The number of rotatable bonds is 9. The fourth-order valence-corrected chi connectivity index (χ4v) is 3.83. The first-order chi connectivity index (χ1) is 11.6. The topological polar surface area (TPSA) is 26.3 Å². The molecule has 1 radical (unpaired) electrons. The second kappa shape index (κ2) is 11.5. The number of unbranched alkanes of at least 4 members (excludes halogenated alkanes) is 3. The van der Waals surface area contributed by atoms with Gasteiger partial charge in [-0.05, 0) is 57.4 Å². The minimum absolute atomic E-state index is 0. The van der Waals surface area contributed by atoms with Crippen LogP contribution in [0.5, 0.6) is 5.75 Å². The number of benzene rings is 2. The maximum Gasteiger partial charge on any atom is 0.186 e. The van der Waals surface area contributed by atoms with E-state index < -0.39 is 0 Å². The molecule has 2 aromatic rings. The molecule has 0 aliphatic heterocycles. The number of hydrogen-bond acceptors (Lipinski definition) is 2. The second-order valence-electron chi connectivity index (χ2n) is 6.15. The van der Waals surface area contributed by atoms with Crippen molar-refractivity contribution in [2.75, 3.05) is 6.61 Å². The zero-order chi connectivity index (χ0) is 17.4. The Morgan fingerprint density at radius 1 is 0.960 bits per heavy atom. The van der Waals surface area contributed by atoms with Crippen molar-refractivity contribution in [1.29, 1.82) is 0 Å². The summed E-state index contributed by atoms with van der Waals surface area (Å²) in [5.74, 6) is 0.888. The predicted octanol–water partition coefficient (Wildman–Crippen LogP) is 5.03. The van der Waals surface area contributed by atoms with E-state index in [0.29, 0.717) is 0 Å². The molecule has 2 nitrogen and oxygen atoms in total. The van der Waals surface area contributed by atoms with E-state index in [1.54, 1.807) is 0 Å². The van der Waals surface area contributed by atoms with Gasteiger partial charge in [0.15, 0.2) is 5.52 Å². The predicted molar refractivity (Wildman–Crippen MR) is 110 cm³/mol. The van der Waals surface area contributed by atoms with Crippen LogP contribution < -0.4 is 10.0 Å². The van der Waals surface area contributed by atoms with E-state index in [1.165, 1.54) is 19.3 Å². The number of hydrogen-bond donors (Lipinski definition) is 0. The van der Waals surface area contributed by atoms with Crippen LogP contribution in [0.1, 0.15) is 54.1 Å². The molecule has 0 aromatic heterocycles. The molecule has 0 saturated carbocycles. The van der Waals surface area contributed by atoms with Crippen molar-refractivity contribution in [3.63, 3.8) is 0 Å². The summed E-state index contributed by atoms with van der Waals surface area (Å²) in [5, 5.41) is 1.06. The first kappa shape index (κ1) is 22.0. The largest absolute Gasteiger partial charge is 0.494 e. The van der Waals surface area contributed by atoms with Crippen molar-refractivity contribution < 1.29 is 9.53 Å². The van der Waals surface area contributed by atoms with Gasteiger partial charge in [-0.1, -0.05) is 56.5 Å². The second-order valence-corrected chi connectivity index (χ2v) is 7.44. The van der Waals surface area contributed by atoms with Crippen molar-refractivity contribution in [2.24, 2.45) is 0 Å². The summed E-state index contributed by atoms with van der Waals surface area (Å²) in [4.78, 5) is 12.6. The fourth-order valence-electron chi connectivity index (χ4n) is 2.72. The van der Waals surface area contributed by atoms with Crippen LogP contribution in [0.2, 0.25) is 0 Å². The molecule has 2 aromatic carbocycles. The molecule has 0 aliphatic carbocycles. The van der Waals surface area contributed by atoms with Gasteiger partial charge in [0.05, 0.1) is 6.61 Å². The Kier molecular flexibility index (Phi) is 10.1. The third-order valence-electron chi connectivity index (χ3n) is 4.09. The van der Waals surface area contributed by atoms with Crippen LogP contribution in [-0.4, -0.2) is 31.0 Å². The Balaban J connectivity index is 0.00000312. The number of carbonyl (C=O) groups excluding carboxylic acids is 1. The molecule has 1 unspecified atom stereocenters. The molecule has 0 aliphatic rings.